The molecule has 5 atom stereocenters. The summed E-state index contributed by atoms with van der Waals surface area (Å²) in [6.07, 6.45) is -0.954. The summed E-state index contributed by atoms with van der Waals surface area (Å²) in [4.78, 5) is 66.5. The van der Waals surface area contributed by atoms with E-state index in [9.17, 15) is 29.1 Å². The maximum absolute atomic E-state index is 13.7. The van der Waals surface area contributed by atoms with Gasteiger partial charge in [0.05, 0.1) is 18.3 Å². The van der Waals surface area contributed by atoms with Gasteiger partial charge in [-0.1, -0.05) is 30.3 Å². The van der Waals surface area contributed by atoms with E-state index in [1.807, 2.05) is 30.3 Å². The minimum absolute atomic E-state index is 0.184. The van der Waals surface area contributed by atoms with Crippen LogP contribution in [0.25, 0.3) is 0 Å². The van der Waals surface area contributed by atoms with Crippen LogP contribution in [-0.4, -0.2) is 108 Å². The molecule has 0 aliphatic carbocycles. The lowest BCUT2D eigenvalue weighted by Gasteiger charge is -2.34. The average molecular weight is 564 g/mol. The Kier molecular flexibility index (Phi) is 13.2. The first kappa shape index (κ1) is 34.5. The van der Waals surface area contributed by atoms with Crippen molar-refractivity contribution in [2.24, 2.45) is 0 Å². The second-order valence-corrected chi connectivity index (χ2v) is 10.8. The maximum atomic E-state index is 13.7. The molecule has 1 rings (SSSR count). The van der Waals surface area contributed by atoms with Crippen LogP contribution in [0, 0.1) is 0 Å². The van der Waals surface area contributed by atoms with E-state index in [2.05, 4.69) is 16.0 Å². The largest absolute Gasteiger partial charge is 0.391 e. The smallest absolute Gasteiger partial charge is 0.248 e. The molecule has 0 saturated heterocycles. The maximum Gasteiger partial charge on any atom is 0.248 e. The Morgan fingerprint density at radius 2 is 1.50 bits per heavy atom. The lowest BCUT2D eigenvalue weighted by molar-refractivity contribution is -0.147. The molecule has 0 radical (unpaired) electrons. The highest BCUT2D eigenvalue weighted by Crippen LogP contribution is 2.13. The molecular formula is C28H45N5O7. The second-order valence-electron chi connectivity index (χ2n) is 10.8. The molecule has 12 heteroatoms. The molecule has 0 spiro atoms. The molecule has 224 valence electrons. The molecule has 0 bridgehead atoms. The Labute approximate surface area is 236 Å². The Balaban J connectivity index is 3.20. The molecule has 0 fully saturated rings. The van der Waals surface area contributed by atoms with Gasteiger partial charge in [0.2, 0.25) is 29.5 Å². The summed E-state index contributed by atoms with van der Waals surface area (Å²) in [5, 5.41) is 17.6. The first-order chi connectivity index (χ1) is 18.5. The highest BCUT2D eigenvalue weighted by Gasteiger charge is 2.36. The molecular weight excluding hydrogens is 518 g/mol. The number of carbonyl (C=O) groups excluding carboxylic acids is 5. The molecule has 5 amide bonds. The van der Waals surface area contributed by atoms with E-state index in [1.165, 1.54) is 46.8 Å². The summed E-state index contributed by atoms with van der Waals surface area (Å²) in [5.41, 5.74) is 0.218. The van der Waals surface area contributed by atoms with Crippen molar-refractivity contribution in [2.45, 2.75) is 83.8 Å². The molecule has 4 N–H and O–H groups in total. The van der Waals surface area contributed by atoms with Gasteiger partial charge in [0.25, 0.3) is 0 Å². The molecule has 12 nitrogen and oxygen atoms in total. The number of ether oxygens (including phenoxy) is 1. The summed E-state index contributed by atoms with van der Waals surface area (Å²) in [7, 11) is 4.33. The number of carbonyl (C=O) groups is 5. The van der Waals surface area contributed by atoms with Gasteiger partial charge in [-0.05, 0) is 40.2 Å². The first-order valence-corrected chi connectivity index (χ1v) is 13.2. The molecule has 1 aromatic carbocycles. The fraction of sp³-hybridized carbons (Fsp3) is 0.607. The van der Waals surface area contributed by atoms with E-state index >= 15 is 0 Å². The third kappa shape index (κ3) is 10.6. The van der Waals surface area contributed by atoms with Gasteiger partial charge in [0.1, 0.15) is 24.2 Å². The van der Waals surface area contributed by atoms with Gasteiger partial charge in [0, 0.05) is 34.5 Å². The molecule has 0 unspecified atom stereocenters. The Hall–Kier alpha value is -3.51. The normalized spacial score (nSPS) is 15.1. The Morgan fingerprint density at radius 3 is 1.98 bits per heavy atom. The van der Waals surface area contributed by atoms with Gasteiger partial charge < -0.3 is 35.6 Å². The fourth-order valence-corrected chi connectivity index (χ4v) is 3.80. The third-order valence-corrected chi connectivity index (χ3v) is 6.35. The van der Waals surface area contributed by atoms with Gasteiger partial charge in [-0.2, -0.15) is 0 Å². The highest BCUT2D eigenvalue weighted by atomic mass is 16.5. The number of nitrogens with one attached hydrogen (secondary N) is 3. The van der Waals surface area contributed by atoms with Gasteiger partial charge in [-0.25, -0.2) is 0 Å². The average Bonchev–Trinajstić information content (AvgIpc) is 2.89. The van der Waals surface area contributed by atoms with Crippen molar-refractivity contribution in [2.75, 3.05) is 27.7 Å². The molecule has 1 aromatic rings. The molecule has 0 aliphatic rings. The SMILES string of the molecule is CNC(=O)[C@H](Cc1ccccc1)N(C)C(=O)[C@H](COC(C)(C)C)NC(=O)[C@H](C)N(C)C(=O)[C@@H](NC(C)=O)[C@@H](C)O. The van der Waals surface area contributed by atoms with E-state index in [0.717, 1.165) is 10.5 Å². The number of hydrogen-bond donors (Lipinski definition) is 4. The number of hydrogen-bond acceptors (Lipinski definition) is 7. The zero-order chi connectivity index (χ0) is 30.8. The topological polar surface area (TPSA) is 157 Å². The van der Waals surface area contributed by atoms with Gasteiger partial charge in [-0.15, -0.1) is 0 Å². The highest BCUT2D eigenvalue weighted by molar-refractivity contribution is 5.95. The molecule has 0 aliphatic heterocycles. The number of nitrogens with zero attached hydrogens (tertiary/aromatic N) is 2. The van der Waals surface area contributed by atoms with E-state index in [4.69, 9.17) is 4.74 Å². The van der Waals surface area contributed by atoms with E-state index < -0.39 is 59.5 Å². The molecule has 0 saturated carbocycles. The van der Waals surface area contributed by atoms with Crippen LogP contribution < -0.4 is 16.0 Å². The monoisotopic (exact) mass is 563 g/mol. The number of aliphatic hydroxyl groups is 1. The van der Waals surface area contributed by atoms with Crippen molar-refractivity contribution in [3.8, 4) is 0 Å². The van der Waals surface area contributed by atoms with Gasteiger partial charge in [0.15, 0.2) is 0 Å². The van der Waals surface area contributed by atoms with Crippen LogP contribution in [0.3, 0.4) is 0 Å². The summed E-state index contributed by atoms with van der Waals surface area (Å²) in [5.74, 6) is -2.78. The van der Waals surface area contributed by atoms with Crippen molar-refractivity contribution in [3.05, 3.63) is 35.9 Å². The lowest BCUT2D eigenvalue weighted by atomic mass is 10.0. The summed E-state index contributed by atoms with van der Waals surface area (Å²) in [6.45, 7) is 9.24. The molecule has 40 heavy (non-hydrogen) atoms. The zero-order valence-electron chi connectivity index (χ0n) is 25.0. The first-order valence-electron chi connectivity index (χ1n) is 13.2. The van der Waals surface area contributed by atoms with Crippen LogP contribution in [0.1, 0.15) is 47.1 Å². The lowest BCUT2D eigenvalue weighted by Crippen LogP contribution is -2.60. The number of rotatable bonds is 13. The van der Waals surface area contributed by atoms with E-state index in [1.54, 1.807) is 20.8 Å². The number of aliphatic hydroxyl groups excluding tert-OH is 1. The van der Waals surface area contributed by atoms with Gasteiger partial charge in [-0.3, -0.25) is 24.0 Å². The second kappa shape index (κ2) is 15.3. The fourth-order valence-electron chi connectivity index (χ4n) is 3.80. The van der Waals surface area contributed by atoms with Crippen LogP contribution in [0.15, 0.2) is 30.3 Å². The predicted octanol–water partition coefficient (Wildman–Crippen LogP) is -0.166. The van der Waals surface area contributed by atoms with Crippen molar-refractivity contribution in [3.63, 3.8) is 0 Å². The minimum Gasteiger partial charge on any atom is -0.391 e. The quantitative estimate of drug-likeness (QED) is 0.260. The summed E-state index contributed by atoms with van der Waals surface area (Å²) < 4.78 is 5.83. The number of amides is 5. The Bertz CT molecular complexity index is 1030. The number of likely N-dealkylation sites (N-methyl/N-ethyl adjacent to an activating group) is 3. The standard InChI is InChI=1S/C28H45N5O7/c1-17(32(8)27(39)23(18(2)34)30-19(3)35)24(36)31-21(16-40-28(4,5)6)26(38)33(9)22(25(37)29-7)15-20-13-11-10-12-14-20/h10-14,17-18,21-23,34H,15-16H2,1-9H3,(H,29,37)(H,30,35)(H,31,36)/t17-,18+,21-,22-,23-/m0/s1. The summed E-state index contributed by atoms with van der Waals surface area (Å²) in [6, 6.07) is 4.88. The van der Waals surface area contributed by atoms with Crippen LogP contribution in [0.4, 0.5) is 0 Å². The van der Waals surface area contributed by atoms with E-state index in [0.29, 0.717) is 0 Å². The van der Waals surface area contributed by atoms with Crippen LogP contribution in [0.2, 0.25) is 0 Å². The van der Waals surface area contributed by atoms with E-state index in [-0.39, 0.29) is 18.9 Å². The van der Waals surface area contributed by atoms with Crippen LogP contribution >= 0.6 is 0 Å². The van der Waals surface area contributed by atoms with Crippen LogP contribution in [-0.2, 0) is 35.1 Å². The Morgan fingerprint density at radius 1 is 0.925 bits per heavy atom. The third-order valence-electron chi connectivity index (χ3n) is 6.35. The predicted molar refractivity (Wildman–Crippen MR) is 150 cm³/mol. The summed E-state index contributed by atoms with van der Waals surface area (Å²) >= 11 is 0. The molecule has 0 aromatic heterocycles. The minimum atomic E-state index is -1.25. The van der Waals surface area contributed by atoms with Crippen molar-refractivity contribution in [1.82, 2.24) is 25.8 Å². The molecule has 0 heterocycles. The van der Waals surface area contributed by atoms with Crippen molar-refractivity contribution >= 4 is 29.5 Å². The van der Waals surface area contributed by atoms with Crippen LogP contribution in [0.5, 0.6) is 0 Å². The van der Waals surface area contributed by atoms with Crippen molar-refractivity contribution in [1.29, 1.82) is 0 Å². The van der Waals surface area contributed by atoms with Crippen molar-refractivity contribution < 1.29 is 33.8 Å². The van der Waals surface area contributed by atoms with Gasteiger partial charge >= 0.3 is 0 Å². The zero-order valence-corrected chi connectivity index (χ0v) is 25.0. The number of benzene rings is 1.